The van der Waals surface area contributed by atoms with Crippen LogP contribution in [0, 0.1) is 0 Å². The molecule has 4 rings (SSSR count). The molecule has 0 aliphatic carbocycles. The van der Waals surface area contributed by atoms with E-state index in [2.05, 4.69) is 38.9 Å². The molecule has 0 radical (unpaired) electrons. The molecule has 3 heterocycles. The van der Waals surface area contributed by atoms with Crippen LogP contribution in [-0.4, -0.2) is 57.6 Å². The Morgan fingerprint density at radius 3 is 2.59 bits per heavy atom. The van der Waals surface area contributed by atoms with Gasteiger partial charge in [-0.05, 0) is 18.7 Å². The molecule has 0 amide bonds. The van der Waals surface area contributed by atoms with Crippen molar-refractivity contribution in [2.45, 2.75) is 13.1 Å². The summed E-state index contributed by atoms with van der Waals surface area (Å²) in [7, 11) is 2.18. The summed E-state index contributed by atoms with van der Waals surface area (Å²) in [6.45, 7) is 6.07. The maximum atomic E-state index is 6.10. The van der Waals surface area contributed by atoms with E-state index >= 15 is 0 Å². The molecule has 2 aromatic heterocycles. The van der Waals surface area contributed by atoms with E-state index < -0.39 is 0 Å². The highest BCUT2D eigenvalue weighted by Crippen LogP contribution is 2.25. The summed E-state index contributed by atoms with van der Waals surface area (Å²) in [5.74, 6) is 1.50. The zero-order valence-corrected chi connectivity index (χ0v) is 15.7. The lowest BCUT2D eigenvalue weighted by Gasteiger charge is -2.32. The van der Waals surface area contributed by atoms with Gasteiger partial charge < -0.3 is 14.2 Å². The molecule has 140 valence electrons. The van der Waals surface area contributed by atoms with Crippen molar-refractivity contribution in [3.63, 3.8) is 0 Å². The Morgan fingerprint density at radius 2 is 1.85 bits per heavy atom. The van der Waals surface area contributed by atoms with E-state index in [0.717, 1.165) is 50.6 Å². The number of hydrogen-bond acceptors (Lipinski definition) is 5. The van der Waals surface area contributed by atoms with Gasteiger partial charge in [0.25, 0.3) is 0 Å². The molecule has 1 saturated heterocycles. The van der Waals surface area contributed by atoms with Crippen LogP contribution in [-0.2, 0) is 13.1 Å². The number of likely N-dealkylation sites (N-methyl/N-ethyl adjacent to an activating group) is 1. The monoisotopic (exact) mass is 363 g/mol. The summed E-state index contributed by atoms with van der Waals surface area (Å²) in [6.07, 6.45) is 7.39. The second kappa shape index (κ2) is 8.33. The Balaban J connectivity index is 1.41. The highest BCUT2D eigenvalue weighted by atomic mass is 16.5. The number of benzene rings is 1. The molecule has 3 aromatic rings. The van der Waals surface area contributed by atoms with Crippen molar-refractivity contribution in [2.24, 2.45) is 0 Å². The normalized spacial score (nSPS) is 15.7. The fourth-order valence-electron chi connectivity index (χ4n) is 3.25. The topological polar surface area (TPSA) is 46.4 Å². The Morgan fingerprint density at radius 1 is 1.00 bits per heavy atom. The third-order valence-electron chi connectivity index (χ3n) is 4.90. The van der Waals surface area contributed by atoms with Gasteiger partial charge in [0.2, 0.25) is 5.88 Å². The van der Waals surface area contributed by atoms with Crippen molar-refractivity contribution in [1.82, 2.24) is 24.3 Å². The van der Waals surface area contributed by atoms with Gasteiger partial charge in [0.05, 0.1) is 12.9 Å². The minimum Gasteiger partial charge on any atom is -0.439 e. The van der Waals surface area contributed by atoms with Crippen LogP contribution in [0.3, 0.4) is 0 Å². The van der Waals surface area contributed by atoms with Crippen LogP contribution in [0.5, 0.6) is 11.6 Å². The van der Waals surface area contributed by atoms with Crippen molar-refractivity contribution in [1.29, 1.82) is 0 Å². The molecule has 6 heteroatoms. The van der Waals surface area contributed by atoms with Crippen LogP contribution in [0.4, 0.5) is 0 Å². The predicted molar refractivity (Wildman–Crippen MR) is 105 cm³/mol. The number of rotatable bonds is 6. The highest BCUT2D eigenvalue weighted by molar-refractivity contribution is 5.36. The van der Waals surface area contributed by atoms with Crippen molar-refractivity contribution >= 4 is 0 Å². The van der Waals surface area contributed by atoms with Gasteiger partial charge in [-0.1, -0.05) is 24.3 Å². The van der Waals surface area contributed by atoms with E-state index in [1.807, 2.05) is 41.2 Å². The van der Waals surface area contributed by atoms with E-state index in [0.29, 0.717) is 5.88 Å². The molecule has 27 heavy (non-hydrogen) atoms. The number of imidazole rings is 1. The largest absolute Gasteiger partial charge is 0.439 e. The molecule has 0 bridgehead atoms. The number of nitrogens with zero attached hydrogens (tertiary/aromatic N) is 5. The maximum absolute atomic E-state index is 6.10. The number of aromatic nitrogens is 3. The Bertz CT molecular complexity index is 839. The summed E-state index contributed by atoms with van der Waals surface area (Å²) in [4.78, 5) is 13.4. The first-order chi connectivity index (χ1) is 13.3. The highest BCUT2D eigenvalue weighted by Gasteiger charge is 2.16. The Labute approximate surface area is 160 Å². The van der Waals surface area contributed by atoms with Gasteiger partial charge in [-0.15, -0.1) is 0 Å². The number of para-hydroxylation sites is 1. The van der Waals surface area contributed by atoms with Crippen molar-refractivity contribution in [2.75, 3.05) is 33.2 Å². The van der Waals surface area contributed by atoms with Gasteiger partial charge in [0, 0.05) is 62.9 Å². The van der Waals surface area contributed by atoms with Crippen LogP contribution in [0.15, 0.2) is 61.3 Å². The summed E-state index contributed by atoms with van der Waals surface area (Å²) >= 11 is 0. The molecule has 0 N–H and O–H groups in total. The van der Waals surface area contributed by atoms with Crippen molar-refractivity contribution in [3.05, 3.63) is 72.4 Å². The smallest absolute Gasteiger partial charge is 0.219 e. The minimum atomic E-state index is 0.621. The average Bonchev–Trinajstić information content (AvgIpc) is 3.20. The molecule has 0 unspecified atom stereocenters. The first-order valence-corrected chi connectivity index (χ1v) is 9.33. The van der Waals surface area contributed by atoms with E-state index in [-0.39, 0.29) is 0 Å². The lowest BCUT2D eigenvalue weighted by atomic mass is 10.1. The Hall–Kier alpha value is -2.70. The number of ether oxygens (including phenoxy) is 1. The standard InChI is InChI=1S/C21H25N5O/c1-24-10-12-25(13-11-24)16-19-4-2-3-5-20(19)27-21-7-6-18(14-23-21)15-26-9-8-22-17-26/h2-9,14,17H,10-13,15-16H2,1H3. The first-order valence-electron chi connectivity index (χ1n) is 9.33. The van der Waals surface area contributed by atoms with Crippen LogP contribution >= 0.6 is 0 Å². The zero-order valence-electron chi connectivity index (χ0n) is 15.7. The van der Waals surface area contributed by atoms with Gasteiger partial charge in [0.1, 0.15) is 5.75 Å². The van der Waals surface area contributed by atoms with Gasteiger partial charge in [-0.3, -0.25) is 4.90 Å². The van der Waals surface area contributed by atoms with Gasteiger partial charge in [-0.2, -0.15) is 0 Å². The van der Waals surface area contributed by atoms with E-state index in [9.17, 15) is 0 Å². The van der Waals surface area contributed by atoms with Crippen LogP contribution in [0.25, 0.3) is 0 Å². The molecule has 0 saturated carbocycles. The lowest BCUT2D eigenvalue weighted by molar-refractivity contribution is 0.147. The van der Waals surface area contributed by atoms with Crippen LogP contribution in [0.2, 0.25) is 0 Å². The van der Waals surface area contributed by atoms with E-state index in [4.69, 9.17) is 4.74 Å². The molecular weight excluding hydrogens is 338 g/mol. The predicted octanol–water partition coefficient (Wildman–Crippen LogP) is 2.87. The summed E-state index contributed by atoms with van der Waals surface area (Å²) < 4.78 is 8.11. The first kappa shape index (κ1) is 17.7. The lowest BCUT2D eigenvalue weighted by Crippen LogP contribution is -2.43. The average molecular weight is 363 g/mol. The van der Waals surface area contributed by atoms with Gasteiger partial charge in [0.15, 0.2) is 0 Å². The molecular formula is C21H25N5O. The van der Waals surface area contributed by atoms with Crippen LogP contribution < -0.4 is 4.74 Å². The number of hydrogen-bond donors (Lipinski definition) is 0. The van der Waals surface area contributed by atoms with Crippen molar-refractivity contribution < 1.29 is 4.74 Å². The van der Waals surface area contributed by atoms with Gasteiger partial charge >= 0.3 is 0 Å². The summed E-state index contributed by atoms with van der Waals surface area (Å²) in [6, 6.07) is 12.2. The summed E-state index contributed by atoms with van der Waals surface area (Å²) in [5, 5.41) is 0. The Kier molecular flexibility index (Phi) is 5.46. The quantitative estimate of drug-likeness (QED) is 0.674. The molecule has 1 aliphatic rings. The second-order valence-corrected chi connectivity index (χ2v) is 7.03. The molecule has 0 atom stereocenters. The maximum Gasteiger partial charge on any atom is 0.219 e. The zero-order chi connectivity index (χ0) is 18.5. The van der Waals surface area contributed by atoms with E-state index in [1.54, 1.807) is 12.5 Å². The molecule has 6 nitrogen and oxygen atoms in total. The second-order valence-electron chi connectivity index (χ2n) is 7.03. The molecule has 1 aromatic carbocycles. The fourth-order valence-corrected chi connectivity index (χ4v) is 3.25. The van der Waals surface area contributed by atoms with Gasteiger partial charge in [-0.25, -0.2) is 9.97 Å². The molecule has 1 aliphatic heterocycles. The summed E-state index contributed by atoms with van der Waals surface area (Å²) in [5.41, 5.74) is 2.32. The fraction of sp³-hybridized carbons (Fsp3) is 0.333. The van der Waals surface area contributed by atoms with Crippen molar-refractivity contribution in [3.8, 4) is 11.6 Å². The molecule has 0 spiro atoms. The van der Waals surface area contributed by atoms with Crippen LogP contribution in [0.1, 0.15) is 11.1 Å². The third kappa shape index (κ3) is 4.72. The number of piperazine rings is 1. The molecule has 1 fully saturated rings. The number of pyridine rings is 1. The third-order valence-corrected chi connectivity index (χ3v) is 4.90. The minimum absolute atomic E-state index is 0.621. The van der Waals surface area contributed by atoms with E-state index in [1.165, 1.54) is 5.56 Å². The SMILES string of the molecule is CN1CCN(Cc2ccccc2Oc2ccc(Cn3ccnc3)cn2)CC1.